The van der Waals surface area contributed by atoms with Gasteiger partial charge in [0.2, 0.25) is 0 Å². The van der Waals surface area contributed by atoms with E-state index in [0.29, 0.717) is 6.04 Å². The van der Waals surface area contributed by atoms with Gasteiger partial charge in [-0.15, -0.1) is 0 Å². The first-order valence-electron chi connectivity index (χ1n) is 8.60. The van der Waals surface area contributed by atoms with Gasteiger partial charge in [-0.05, 0) is 50.3 Å². The van der Waals surface area contributed by atoms with Crippen LogP contribution < -0.4 is 10.6 Å². The maximum Gasteiger partial charge on any atom is 0.191 e. The number of ether oxygens (including phenoxy) is 1. The maximum absolute atomic E-state index is 5.61. The van der Waals surface area contributed by atoms with Crippen LogP contribution in [0.4, 0.5) is 0 Å². The quantitative estimate of drug-likeness (QED) is 0.609. The van der Waals surface area contributed by atoms with E-state index in [4.69, 9.17) is 9.73 Å². The maximum atomic E-state index is 5.61. The van der Waals surface area contributed by atoms with Gasteiger partial charge < -0.3 is 15.4 Å². The molecule has 1 saturated carbocycles. The van der Waals surface area contributed by atoms with Crippen LogP contribution in [0, 0.1) is 0 Å². The molecule has 1 heterocycles. The molecule has 4 nitrogen and oxygen atoms in total. The monoisotopic (exact) mass is 379 g/mol. The zero-order valence-corrected chi connectivity index (χ0v) is 15.4. The summed E-state index contributed by atoms with van der Waals surface area (Å²) < 4.78 is 6.73. The van der Waals surface area contributed by atoms with E-state index in [9.17, 15) is 0 Å². The Morgan fingerprint density at radius 3 is 2.57 bits per heavy atom. The average Bonchev–Trinajstić information content (AvgIpc) is 3.38. The van der Waals surface area contributed by atoms with E-state index < -0.39 is 0 Å². The Bertz CT molecular complexity index is 534. The molecule has 0 bridgehead atoms. The molecule has 1 aromatic carbocycles. The number of rotatable bonds is 5. The van der Waals surface area contributed by atoms with Crippen molar-refractivity contribution in [2.75, 3.05) is 26.3 Å². The molecule has 1 saturated heterocycles. The number of nitrogens with zero attached hydrogens (tertiary/aromatic N) is 1. The van der Waals surface area contributed by atoms with Crippen molar-refractivity contribution in [2.24, 2.45) is 4.99 Å². The molecule has 2 aliphatic rings. The Morgan fingerprint density at radius 2 is 1.96 bits per heavy atom. The average molecular weight is 380 g/mol. The SMILES string of the molecule is CCNC(=NCC1(c2ccc(Br)cc2)CCOCC1)NC1CC1. The molecule has 0 amide bonds. The Morgan fingerprint density at radius 1 is 1.26 bits per heavy atom. The number of benzene rings is 1. The summed E-state index contributed by atoms with van der Waals surface area (Å²) in [5.74, 6) is 0.956. The van der Waals surface area contributed by atoms with Crippen LogP contribution in [0.15, 0.2) is 33.7 Å². The van der Waals surface area contributed by atoms with E-state index in [-0.39, 0.29) is 5.41 Å². The van der Waals surface area contributed by atoms with Gasteiger partial charge in [-0.25, -0.2) is 0 Å². The highest BCUT2D eigenvalue weighted by Gasteiger charge is 2.34. The first-order chi connectivity index (χ1) is 11.2. The third-order valence-corrected chi connectivity index (χ3v) is 5.24. The highest BCUT2D eigenvalue weighted by Crippen LogP contribution is 2.35. The molecule has 23 heavy (non-hydrogen) atoms. The van der Waals surface area contributed by atoms with Crippen molar-refractivity contribution >= 4 is 21.9 Å². The van der Waals surface area contributed by atoms with E-state index in [1.807, 2.05) is 0 Å². The number of guanidine groups is 1. The lowest BCUT2D eigenvalue weighted by Gasteiger charge is -2.36. The molecule has 0 radical (unpaired) electrons. The van der Waals surface area contributed by atoms with Gasteiger partial charge in [-0.1, -0.05) is 28.1 Å². The first kappa shape index (κ1) is 16.8. The summed E-state index contributed by atoms with van der Waals surface area (Å²) in [7, 11) is 0. The van der Waals surface area contributed by atoms with Crippen molar-refractivity contribution in [3.05, 3.63) is 34.3 Å². The molecule has 2 N–H and O–H groups in total. The van der Waals surface area contributed by atoms with Gasteiger partial charge in [0.25, 0.3) is 0 Å². The molecule has 2 fully saturated rings. The van der Waals surface area contributed by atoms with Crippen molar-refractivity contribution in [1.29, 1.82) is 0 Å². The summed E-state index contributed by atoms with van der Waals surface area (Å²) in [5, 5.41) is 6.88. The van der Waals surface area contributed by atoms with Crippen LogP contribution >= 0.6 is 15.9 Å². The largest absolute Gasteiger partial charge is 0.381 e. The number of hydrogen-bond acceptors (Lipinski definition) is 2. The van der Waals surface area contributed by atoms with Gasteiger partial charge in [-0.3, -0.25) is 4.99 Å². The molecule has 1 aliphatic carbocycles. The molecule has 1 aromatic rings. The van der Waals surface area contributed by atoms with Crippen molar-refractivity contribution in [1.82, 2.24) is 10.6 Å². The van der Waals surface area contributed by atoms with Gasteiger partial charge >= 0.3 is 0 Å². The van der Waals surface area contributed by atoms with Gasteiger partial charge in [0.15, 0.2) is 5.96 Å². The van der Waals surface area contributed by atoms with E-state index in [1.54, 1.807) is 0 Å². The standard InChI is InChI=1S/C18H26BrN3O/c1-2-20-17(22-16-7-8-16)21-13-18(9-11-23-12-10-18)14-3-5-15(19)6-4-14/h3-6,16H,2,7-13H2,1H3,(H2,20,21,22). The van der Waals surface area contributed by atoms with Crippen molar-refractivity contribution in [3.63, 3.8) is 0 Å². The molecule has 5 heteroatoms. The molecule has 0 unspecified atom stereocenters. The lowest BCUT2D eigenvalue weighted by molar-refractivity contribution is 0.0531. The first-order valence-corrected chi connectivity index (χ1v) is 9.40. The fourth-order valence-corrected chi connectivity index (χ4v) is 3.34. The van der Waals surface area contributed by atoms with Crippen molar-refractivity contribution in [3.8, 4) is 0 Å². The molecule has 1 aliphatic heterocycles. The minimum absolute atomic E-state index is 0.0881. The Hall–Kier alpha value is -1.07. The van der Waals surface area contributed by atoms with Crippen molar-refractivity contribution in [2.45, 2.75) is 44.1 Å². The predicted molar refractivity (Wildman–Crippen MR) is 98.0 cm³/mol. The third kappa shape index (κ3) is 4.48. The molecular formula is C18H26BrN3O. The molecule has 0 aromatic heterocycles. The van der Waals surface area contributed by atoms with Crippen LogP contribution in [0.5, 0.6) is 0 Å². The zero-order valence-electron chi connectivity index (χ0n) is 13.8. The summed E-state index contributed by atoms with van der Waals surface area (Å²) in [6.07, 6.45) is 4.58. The summed E-state index contributed by atoms with van der Waals surface area (Å²) in [6, 6.07) is 9.33. The lowest BCUT2D eigenvalue weighted by Crippen LogP contribution is -2.42. The second kappa shape index (κ2) is 7.67. The fraction of sp³-hybridized carbons (Fsp3) is 0.611. The Balaban J connectivity index is 1.78. The molecule has 0 spiro atoms. The minimum Gasteiger partial charge on any atom is -0.381 e. The van der Waals surface area contributed by atoms with Crippen LogP contribution in [0.3, 0.4) is 0 Å². The Labute approximate surface area is 147 Å². The molecular weight excluding hydrogens is 354 g/mol. The van der Waals surface area contributed by atoms with E-state index in [1.165, 1.54) is 18.4 Å². The predicted octanol–water partition coefficient (Wildman–Crippen LogP) is 3.21. The van der Waals surface area contributed by atoms with E-state index in [2.05, 4.69) is 57.8 Å². The normalized spacial score (nSPS) is 21.0. The van der Waals surface area contributed by atoms with Gasteiger partial charge in [0, 0.05) is 35.7 Å². The molecule has 0 atom stereocenters. The third-order valence-electron chi connectivity index (χ3n) is 4.71. The second-order valence-corrected chi connectivity index (χ2v) is 7.43. The highest BCUT2D eigenvalue weighted by atomic mass is 79.9. The van der Waals surface area contributed by atoms with E-state index in [0.717, 1.165) is 49.6 Å². The number of hydrogen-bond donors (Lipinski definition) is 2. The zero-order chi connectivity index (χ0) is 16.1. The number of halogens is 1. The van der Waals surface area contributed by atoms with Crippen LogP contribution in [0.1, 0.15) is 38.2 Å². The van der Waals surface area contributed by atoms with Gasteiger partial charge in [0.05, 0.1) is 6.54 Å². The number of nitrogens with one attached hydrogen (secondary N) is 2. The summed E-state index contributed by atoms with van der Waals surface area (Å²) in [4.78, 5) is 4.92. The summed E-state index contributed by atoms with van der Waals surface area (Å²) in [6.45, 7) is 5.45. The van der Waals surface area contributed by atoms with Gasteiger partial charge in [-0.2, -0.15) is 0 Å². The smallest absolute Gasteiger partial charge is 0.191 e. The topological polar surface area (TPSA) is 45.7 Å². The Kier molecular flexibility index (Phi) is 5.59. The van der Waals surface area contributed by atoms with Crippen LogP contribution in [0.2, 0.25) is 0 Å². The molecule has 3 rings (SSSR count). The van der Waals surface area contributed by atoms with Crippen LogP contribution in [-0.2, 0) is 10.2 Å². The van der Waals surface area contributed by atoms with Crippen LogP contribution in [-0.4, -0.2) is 38.3 Å². The second-order valence-electron chi connectivity index (χ2n) is 6.51. The van der Waals surface area contributed by atoms with Gasteiger partial charge in [0.1, 0.15) is 0 Å². The number of aliphatic imine (C=N–C) groups is 1. The summed E-state index contributed by atoms with van der Waals surface area (Å²) in [5.41, 5.74) is 1.46. The summed E-state index contributed by atoms with van der Waals surface area (Å²) >= 11 is 3.53. The lowest BCUT2D eigenvalue weighted by atomic mass is 9.74. The highest BCUT2D eigenvalue weighted by molar-refractivity contribution is 9.10. The van der Waals surface area contributed by atoms with E-state index >= 15 is 0 Å². The minimum atomic E-state index is 0.0881. The molecule has 126 valence electrons. The van der Waals surface area contributed by atoms with Crippen molar-refractivity contribution < 1.29 is 4.74 Å². The fourth-order valence-electron chi connectivity index (χ4n) is 3.08. The van der Waals surface area contributed by atoms with Crippen LogP contribution in [0.25, 0.3) is 0 Å².